The molecular formula is C28H42N4O4. The highest BCUT2D eigenvalue weighted by Gasteiger charge is 2.18. The third-order valence-corrected chi connectivity index (χ3v) is 6.15. The summed E-state index contributed by atoms with van der Waals surface area (Å²) in [6.07, 6.45) is 2.13. The molecule has 0 saturated carbocycles. The highest BCUT2D eigenvalue weighted by molar-refractivity contribution is 5.89. The van der Waals surface area contributed by atoms with Crippen molar-refractivity contribution in [1.82, 2.24) is 10.6 Å². The third-order valence-electron chi connectivity index (χ3n) is 6.15. The first kappa shape index (κ1) is 29.1. The predicted octanol–water partition coefficient (Wildman–Crippen LogP) is 5.35. The zero-order chi connectivity index (χ0) is 26.0. The molecule has 0 saturated heterocycles. The number of urea groups is 2. The second kappa shape index (κ2) is 17.3. The van der Waals surface area contributed by atoms with Crippen LogP contribution in [0.25, 0.3) is 0 Å². The lowest BCUT2D eigenvalue weighted by atomic mass is 9.86. The van der Waals surface area contributed by atoms with Crippen LogP contribution in [0.15, 0.2) is 60.7 Å². The van der Waals surface area contributed by atoms with Gasteiger partial charge in [0.25, 0.3) is 0 Å². The molecule has 2 aromatic rings. The number of nitrogens with one attached hydrogen (secondary N) is 4. The van der Waals surface area contributed by atoms with Crippen LogP contribution < -0.4 is 21.3 Å². The van der Waals surface area contributed by atoms with Crippen molar-refractivity contribution < 1.29 is 19.1 Å². The Balaban J connectivity index is 1.65. The average Bonchev–Trinajstić information content (AvgIpc) is 2.88. The van der Waals surface area contributed by atoms with Crippen LogP contribution >= 0.6 is 0 Å². The lowest BCUT2D eigenvalue weighted by Crippen LogP contribution is -2.33. The number of anilines is 2. The lowest BCUT2D eigenvalue weighted by Gasteiger charge is -2.25. The fourth-order valence-electron chi connectivity index (χ4n) is 3.71. The molecule has 8 nitrogen and oxygen atoms in total. The standard InChI is InChI=1S/C28H42N4O4/c1-4-22(2)23(3)19-24(20-35-17-15-29-27(33)31-25-11-7-5-8-12-25)21-36-18-16-30-28(34)32-26-13-9-6-10-14-26/h5-14,22-24H,4,15-21H2,1-3H3,(H2,29,31,33)(H2,30,32,34). The number of para-hydroxylation sites is 2. The van der Waals surface area contributed by atoms with Crippen molar-refractivity contribution in [3.63, 3.8) is 0 Å². The maximum absolute atomic E-state index is 12.0. The van der Waals surface area contributed by atoms with Gasteiger partial charge in [-0.3, -0.25) is 0 Å². The number of benzene rings is 2. The van der Waals surface area contributed by atoms with E-state index in [1.165, 1.54) is 0 Å². The normalized spacial score (nSPS) is 12.6. The molecule has 4 amide bonds. The smallest absolute Gasteiger partial charge is 0.319 e. The largest absolute Gasteiger partial charge is 0.379 e. The summed E-state index contributed by atoms with van der Waals surface area (Å²) < 4.78 is 11.7. The zero-order valence-electron chi connectivity index (χ0n) is 21.8. The number of amides is 4. The molecule has 0 heterocycles. The molecule has 2 rings (SSSR count). The van der Waals surface area contributed by atoms with E-state index in [0.717, 1.165) is 24.2 Å². The van der Waals surface area contributed by atoms with Gasteiger partial charge in [0.2, 0.25) is 0 Å². The molecule has 0 radical (unpaired) electrons. The second-order valence-corrected chi connectivity index (χ2v) is 9.11. The molecule has 0 aliphatic carbocycles. The second-order valence-electron chi connectivity index (χ2n) is 9.11. The maximum atomic E-state index is 12.0. The molecule has 0 bridgehead atoms. The van der Waals surface area contributed by atoms with Gasteiger partial charge < -0.3 is 30.7 Å². The van der Waals surface area contributed by atoms with Gasteiger partial charge in [-0.15, -0.1) is 0 Å². The van der Waals surface area contributed by atoms with E-state index in [4.69, 9.17) is 9.47 Å². The Morgan fingerprint density at radius 1 is 0.722 bits per heavy atom. The Hall–Kier alpha value is -3.10. The van der Waals surface area contributed by atoms with Crippen LogP contribution in [0.4, 0.5) is 21.0 Å². The summed E-state index contributed by atoms with van der Waals surface area (Å²) in [7, 11) is 0. The highest BCUT2D eigenvalue weighted by Crippen LogP contribution is 2.23. The molecule has 2 unspecified atom stereocenters. The van der Waals surface area contributed by atoms with Gasteiger partial charge in [-0.05, 0) is 42.5 Å². The molecule has 0 aliphatic heterocycles. The molecule has 2 atom stereocenters. The quantitative estimate of drug-likeness (QED) is 0.234. The summed E-state index contributed by atoms with van der Waals surface area (Å²) in [4.78, 5) is 24.0. The molecule has 0 spiro atoms. The summed E-state index contributed by atoms with van der Waals surface area (Å²) >= 11 is 0. The molecule has 36 heavy (non-hydrogen) atoms. The van der Waals surface area contributed by atoms with Crippen LogP contribution in [-0.2, 0) is 9.47 Å². The Labute approximate surface area is 215 Å². The minimum absolute atomic E-state index is 0.241. The van der Waals surface area contributed by atoms with E-state index in [1.807, 2.05) is 60.7 Å². The van der Waals surface area contributed by atoms with Crippen molar-refractivity contribution >= 4 is 23.4 Å². The topological polar surface area (TPSA) is 101 Å². The molecule has 0 fully saturated rings. The van der Waals surface area contributed by atoms with Gasteiger partial charge in [0, 0.05) is 30.4 Å². The van der Waals surface area contributed by atoms with Gasteiger partial charge in [-0.2, -0.15) is 0 Å². The third kappa shape index (κ3) is 12.6. The fourth-order valence-corrected chi connectivity index (χ4v) is 3.71. The predicted molar refractivity (Wildman–Crippen MR) is 145 cm³/mol. The van der Waals surface area contributed by atoms with Crippen LogP contribution in [0, 0.1) is 17.8 Å². The van der Waals surface area contributed by atoms with Crippen molar-refractivity contribution in [2.75, 3.05) is 50.2 Å². The summed E-state index contributed by atoms with van der Waals surface area (Å²) in [5.41, 5.74) is 1.50. The minimum atomic E-state index is -0.251. The monoisotopic (exact) mass is 498 g/mol. The van der Waals surface area contributed by atoms with Gasteiger partial charge >= 0.3 is 12.1 Å². The molecule has 4 N–H and O–H groups in total. The average molecular weight is 499 g/mol. The van der Waals surface area contributed by atoms with Gasteiger partial charge in [0.15, 0.2) is 0 Å². The van der Waals surface area contributed by atoms with Crippen molar-refractivity contribution in [3.05, 3.63) is 60.7 Å². The van der Waals surface area contributed by atoms with E-state index in [1.54, 1.807) is 0 Å². The molecule has 2 aromatic carbocycles. The Morgan fingerprint density at radius 3 is 1.58 bits per heavy atom. The first-order chi connectivity index (χ1) is 17.5. The van der Waals surface area contributed by atoms with Crippen molar-refractivity contribution in [1.29, 1.82) is 0 Å². The Bertz CT molecular complexity index is 803. The number of ether oxygens (including phenoxy) is 2. The number of carbonyl (C=O) groups is 2. The van der Waals surface area contributed by atoms with Crippen molar-refractivity contribution in [2.45, 2.75) is 33.6 Å². The Morgan fingerprint density at radius 2 is 1.17 bits per heavy atom. The minimum Gasteiger partial charge on any atom is -0.379 e. The van der Waals surface area contributed by atoms with E-state index < -0.39 is 0 Å². The van der Waals surface area contributed by atoms with Gasteiger partial charge in [0.05, 0.1) is 26.4 Å². The number of rotatable bonds is 16. The van der Waals surface area contributed by atoms with Crippen molar-refractivity contribution in [2.24, 2.45) is 17.8 Å². The van der Waals surface area contributed by atoms with Crippen LogP contribution in [-0.4, -0.2) is 51.6 Å². The summed E-state index contributed by atoms with van der Waals surface area (Å²) in [6.45, 7) is 9.58. The number of hydrogen-bond acceptors (Lipinski definition) is 4. The van der Waals surface area contributed by atoms with Gasteiger partial charge in [0.1, 0.15) is 0 Å². The van der Waals surface area contributed by atoms with Crippen LogP contribution in [0.3, 0.4) is 0 Å². The SMILES string of the molecule is CCC(C)C(C)CC(COCCNC(=O)Nc1ccccc1)COCCNC(=O)Nc1ccccc1. The molecule has 0 aliphatic rings. The van der Waals surface area contributed by atoms with E-state index >= 15 is 0 Å². The maximum Gasteiger partial charge on any atom is 0.319 e. The van der Waals surface area contributed by atoms with E-state index in [2.05, 4.69) is 42.0 Å². The first-order valence-corrected chi connectivity index (χ1v) is 12.8. The summed E-state index contributed by atoms with van der Waals surface area (Å²) in [5, 5.41) is 11.2. The number of hydrogen-bond donors (Lipinski definition) is 4. The molecular weight excluding hydrogens is 456 g/mol. The first-order valence-electron chi connectivity index (χ1n) is 12.8. The van der Waals surface area contributed by atoms with Gasteiger partial charge in [-0.1, -0.05) is 63.6 Å². The van der Waals surface area contributed by atoms with Crippen LogP contribution in [0.2, 0.25) is 0 Å². The molecule has 8 heteroatoms. The number of carbonyl (C=O) groups excluding carboxylic acids is 2. The summed E-state index contributed by atoms with van der Waals surface area (Å²) in [6, 6.07) is 18.1. The molecule has 198 valence electrons. The zero-order valence-corrected chi connectivity index (χ0v) is 21.8. The van der Waals surface area contributed by atoms with Crippen LogP contribution in [0.5, 0.6) is 0 Å². The van der Waals surface area contributed by atoms with Gasteiger partial charge in [-0.25, -0.2) is 9.59 Å². The highest BCUT2D eigenvalue weighted by atomic mass is 16.5. The lowest BCUT2D eigenvalue weighted by molar-refractivity contribution is 0.0300. The van der Waals surface area contributed by atoms with Crippen LogP contribution in [0.1, 0.15) is 33.6 Å². The fraction of sp³-hybridized carbons (Fsp3) is 0.500. The van der Waals surface area contributed by atoms with E-state index in [0.29, 0.717) is 51.4 Å². The van der Waals surface area contributed by atoms with Crippen molar-refractivity contribution in [3.8, 4) is 0 Å². The van der Waals surface area contributed by atoms with E-state index in [9.17, 15) is 9.59 Å². The Kier molecular flexibility index (Phi) is 14.0. The molecule has 0 aromatic heterocycles. The van der Waals surface area contributed by atoms with E-state index in [-0.39, 0.29) is 18.0 Å². The summed E-state index contributed by atoms with van der Waals surface area (Å²) in [5.74, 6) is 1.42.